The van der Waals surface area contributed by atoms with E-state index in [-0.39, 0.29) is 16.9 Å². The number of nitro benzene ring substituents is 1. The van der Waals surface area contributed by atoms with E-state index >= 15 is 0 Å². The zero-order valence-electron chi connectivity index (χ0n) is 15.9. The molecule has 164 valence electrons. The fourth-order valence-electron chi connectivity index (χ4n) is 2.33. The van der Waals surface area contributed by atoms with Gasteiger partial charge in [0.15, 0.2) is 11.3 Å². The zero-order valence-corrected chi connectivity index (χ0v) is 15.9. The molecule has 0 atom stereocenters. The molecule has 0 saturated heterocycles. The number of nitro groups is 1. The number of aromatic carboxylic acids is 4. The van der Waals surface area contributed by atoms with E-state index in [1.165, 1.54) is 25.3 Å². The lowest BCUT2D eigenvalue weighted by molar-refractivity contribution is -0.386. The normalized spacial score (nSPS) is 9.61. The highest BCUT2D eigenvalue weighted by atomic mass is 16.6. The average molecular weight is 437 g/mol. The first-order chi connectivity index (χ1) is 14.5. The van der Waals surface area contributed by atoms with E-state index in [2.05, 4.69) is 4.74 Å². The summed E-state index contributed by atoms with van der Waals surface area (Å²) in [5.74, 6) is -5.82. The molecule has 0 aliphatic carbocycles. The summed E-state index contributed by atoms with van der Waals surface area (Å²) in [5, 5.41) is 45.7. The molecule has 2 aromatic carbocycles. The first kappa shape index (κ1) is 24.4. The maximum Gasteiger partial charge on any atom is 0.343 e. The largest absolute Gasteiger partial charge is 0.497 e. The lowest BCUT2D eigenvalue weighted by atomic mass is 10.0. The Morgan fingerprint density at radius 1 is 0.774 bits per heavy atom. The van der Waals surface area contributed by atoms with Crippen molar-refractivity contribution in [1.29, 1.82) is 0 Å². The van der Waals surface area contributed by atoms with Crippen LogP contribution in [0.25, 0.3) is 0 Å². The molecule has 0 aromatic heterocycles. The van der Waals surface area contributed by atoms with Crippen molar-refractivity contribution in [2.75, 3.05) is 14.2 Å². The van der Waals surface area contributed by atoms with Crippen LogP contribution in [0.15, 0.2) is 30.3 Å². The van der Waals surface area contributed by atoms with Crippen LogP contribution in [0.5, 0.6) is 11.5 Å². The van der Waals surface area contributed by atoms with Crippen LogP contribution < -0.4 is 9.47 Å². The summed E-state index contributed by atoms with van der Waals surface area (Å²) >= 11 is 0. The second-order valence-electron chi connectivity index (χ2n) is 5.43. The van der Waals surface area contributed by atoms with Crippen LogP contribution in [0.3, 0.4) is 0 Å². The van der Waals surface area contributed by atoms with Gasteiger partial charge >= 0.3 is 29.6 Å². The molecular weight excluding hydrogens is 422 g/mol. The van der Waals surface area contributed by atoms with Crippen LogP contribution in [0.2, 0.25) is 0 Å². The van der Waals surface area contributed by atoms with Gasteiger partial charge in [0.25, 0.3) is 0 Å². The minimum absolute atomic E-state index is 0.252. The van der Waals surface area contributed by atoms with Gasteiger partial charge in [-0.2, -0.15) is 0 Å². The van der Waals surface area contributed by atoms with Crippen molar-refractivity contribution in [3.8, 4) is 11.5 Å². The third-order valence-corrected chi connectivity index (χ3v) is 3.68. The number of ether oxygens (including phenoxy) is 2. The Balaban J connectivity index is 0.000000316. The third kappa shape index (κ3) is 5.66. The quantitative estimate of drug-likeness (QED) is 0.362. The van der Waals surface area contributed by atoms with E-state index in [0.717, 1.165) is 19.2 Å². The maximum atomic E-state index is 10.9. The van der Waals surface area contributed by atoms with Gasteiger partial charge in [-0.3, -0.25) is 10.1 Å². The predicted molar refractivity (Wildman–Crippen MR) is 100 cm³/mol. The second-order valence-corrected chi connectivity index (χ2v) is 5.43. The van der Waals surface area contributed by atoms with Crippen molar-refractivity contribution < 1.29 is 54.0 Å². The van der Waals surface area contributed by atoms with Crippen LogP contribution in [-0.4, -0.2) is 63.4 Å². The predicted octanol–water partition coefficient (Wildman–Crippen LogP) is 2.09. The van der Waals surface area contributed by atoms with Gasteiger partial charge < -0.3 is 29.9 Å². The summed E-state index contributed by atoms with van der Waals surface area (Å²) in [4.78, 5) is 52.7. The number of rotatable bonds is 7. The number of benzene rings is 2. The summed E-state index contributed by atoms with van der Waals surface area (Å²) in [6.07, 6.45) is 0. The molecule has 0 bridgehead atoms. The number of carboxylic acid groups (broad SMARTS) is 4. The SMILES string of the molecule is COc1ccc(C(=O)O)c(C(=O)O)c1.COc1ccc(C(=O)O)c(C(=O)O)c1[N+](=O)[O-]. The fourth-order valence-corrected chi connectivity index (χ4v) is 2.33. The summed E-state index contributed by atoms with van der Waals surface area (Å²) in [6, 6.07) is 5.75. The molecule has 0 saturated carbocycles. The zero-order chi connectivity index (χ0) is 23.9. The Morgan fingerprint density at radius 3 is 1.68 bits per heavy atom. The Hall–Kier alpha value is -4.68. The van der Waals surface area contributed by atoms with Gasteiger partial charge in [0.1, 0.15) is 5.75 Å². The van der Waals surface area contributed by atoms with Crippen LogP contribution in [0, 0.1) is 10.1 Å². The average Bonchev–Trinajstić information content (AvgIpc) is 2.71. The molecule has 2 aromatic rings. The molecule has 13 heteroatoms. The molecule has 31 heavy (non-hydrogen) atoms. The third-order valence-electron chi connectivity index (χ3n) is 3.68. The molecule has 0 aliphatic rings. The monoisotopic (exact) mass is 437 g/mol. The number of carboxylic acids is 4. The summed E-state index contributed by atoms with van der Waals surface area (Å²) in [7, 11) is 2.50. The summed E-state index contributed by atoms with van der Waals surface area (Å²) < 4.78 is 9.42. The van der Waals surface area contributed by atoms with Crippen molar-refractivity contribution >= 4 is 29.6 Å². The van der Waals surface area contributed by atoms with E-state index < -0.39 is 45.6 Å². The van der Waals surface area contributed by atoms with Crippen LogP contribution in [0.1, 0.15) is 41.4 Å². The first-order valence-corrected chi connectivity index (χ1v) is 7.92. The molecule has 4 N–H and O–H groups in total. The Bertz CT molecular complexity index is 1060. The molecule has 13 nitrogen and oxygen atoms in total. The Kier molecular flexibility index (Phi) is 8.01. The van der Waals surface area contributed by atoms with E-state index in [4.69, 9.17) is 25.2 Å². The molecule has 0 fully saturated rings. The van der Waals surface area contributed by atoms with E-state index in [9.17, 15) is 29.3 Å². The Morgan fingerprint density at radius 2 is 1.29 bits per heavy atom. The topological polar surface area (TPSA) is 211 Å². The second kappa shape index (κ2) is 10.2. The molecule has 2 rings (SSSR count). The lowest BCUT2D eigenvalue weighted by Crippen LogP contribution is -2.12. The molecule has 0 heterocycles. The molecule has 0 amide bonds. The molecular formula is C18H15NO12. The smallest absolute Gasteiger partial charge is 0.343 e. The first-order valence-electron chi connectivity index (χ1n) is 7.92. The van der Waals surface area contributed by atoms with Gasteiger partial charge in [0, 0.05) is 0 Å². The number of hydrogen-bond acceptors (Lipinski definition) is 8. The van der Waals surface area contributed by atoms with E-state index in [0.29, 0.717) is 5.75 Å². The van der Waals surface area contributed by atoms with Crippen molar-refractivity contribution in [1.82, 2.24) is 0 Å². The fraction of sp³-hybridized carbons (Fsp3) is 0.111. The van der Waals surface area contributed by atoms with Crippen LogP contribution >= 0.6 is 0 Å². The number of methoxy groups -OCH3 is 2. The highest BCUT2D eigenvalue weighted by molar-refractivity contribution is 6.05. The van der Waals surface area contributed by atoms with Crippen molar-refractivity contribution in [2.24, 2.45) is 0 Å². The van der Waals surface area contributed by atoms with Gasteiger partial charge in [0.05, 0.1) is 35.8 Å². The molecule has 0 aliphatic heterocycles. The summed E-state index contributed by atoms with van der Waals surface area (Å²) in [6.45, 7) is 0. The maximum absolute atomic E-state index is 10.9. The van der Waals surface area contributed by atoms with E-state index in [1.54, 1.807) is 0 Å². The highest BCUT2D eigenvalue weighted by Gasteiger charge is 2.31. The molecule has 0 radical (unpaired) electrons. The van der Waals surface area contributed by atoms with Crippen LogP contribution in [-0.2, 0) is 0 Å². The van der Waals surface area contributed by atoms with Gasteiger partial charge in [0.2, 0.25) is 0 Å². The summed E-state index contributed by atoms with van der Waals surface area (Å²) in [5.41, 5.74) is -2.97. The van der Waals surface area contributed by atoms with E-state index in [1.807, 2.05) is 0 Å². The standard InChI is InChI=1S/C9H7NO7.C9H8O5/c1-17-5-3-2-4(8(11)12)6(9(13)14)7(5)10(15)16;1-14-5-2-3-6(8(10)11)7(4-5)9(12)13/h2-3H,1H3,(H,11,12)(H,13,14);2-4H,1H3,(H,10,11)(H,12,13). The minimum atomic E-state index is -1.70. The number of nitrogens with zero attached hydrogens (tertiary/aromatic N) is 1. The Labute approximate surface area is 172 Å². The van der Waals surface area contributed by atoms with Crippen molar-refractivity contribution in [3.63, 3.8) is 0 Å². The lowest BCUT2D eigenvalue weighted by Gasteiger charge is -2.06. The van der Waals surface area contributed by atoms with Crippen LogP contribution in [0.4, 0.5) is 5.69 Å². The molecule has 0 unspecified atom stereocenters. The number of carbonyl (C=O) groups is 4. The number of hydrogen-bond donors (Lipinski definition) is 4. The molecule has 0 spiro atoms. The van der Waals surface area contributed by atoms with Gasteiger partial charge in [-0.05, 0) is 30.3 Å². The van der Waals surface area contributed by atoms with Gasteiger partial charge in [-0.15, -0.1) is 0 Å². The van der Waals surface area contributed by atoms with Gasteiger partial charge in [-0.1, -0.05) is 0 Å². The minimum Gasteiger partial charge on any atom is -0.497 e. The van der Waals surface area contributed by atoms with Gasteiger partial charge in [-0.25, -0.2) is 19.2 Å². The van der Waals surface area contributed by atoms with Crippen molar-refractivity contribution in [2.45, 2.75) is 0 Å². The van der Waals surface area contributed by atoms with Crippen molar-refractivity contribution in [3.05, 3.63) is 62.7 Å². The highest BCUT2D eigenvalue weighted by Crippen LogP contribution is 2.33.